The largest absolute Gasteiger partial charge is 0.348 e. The molecule has 0 bridgehead atoms. The molecule has 1 heterocycles. The van der Waals surface area contributed by atoms with E-state index in [-0.39, 0.29) is 11.9 Å². The molecule has 98 valence electrons. The van der Waals surface area contributed by atoms with Crippen LogP contribution in [0.4, 0.5) is 11.5 Å². The molecule has 5 nitrogen and oxygen atoms in total. The summed E-state index contributed by atoms with van der Waals surface area (Å²) in [4.78, 5) is 19.9. The molecule has 0 radical (unpaired) electrons. The quantitative estimate of drug-likeness (QED) is 0.881. The van der Waals surface area contributed by atoms with Crippen LogP contribution < -0.4 is 10.6 Å². The van der Waals surface area contributed by atoms with Crippen LogP contribution >= 0.6 is 0 Å². The number of carbonyl (C=O) groups is 1. The maximum absolute atomic E-state index is 11.7. The van der Waals surface area contributed by atoms with Crippen molar-refractivity contribution in [2.24, 2.45) is 0 Å². The first-order valence-electron chi connectivity index (χ1n) is 6.10. The lowest BCUT2D eigenvalue weighted by molar-refractivity contribution is 0.0937. The Balaban J connectivity index is 2.04. The smallest absolute Gasteiger partial charge is 0.271 e. The van der Waals surface area contributed by atoms with E-state index in [1.54, 1.807) is 6.20 Å². The number of para-hydroxylation sites is 1. The van der Waals surface area contributed by atoms with Gasteiger partial charge in [-0.1, -0.05) is 18.2 Å². The number of anilines is 2. The summed E-state index contributed by atoms with van der Waals surface area (Å²) in [5.74, 6) is 0.390. The number of carbonyl (C=O) groups excluding carboxylic acids is 1. The van der Waals surface area contributed by atoms with Crippen molar-refractivity contribution in [2.45, 2.75) is 19.9 Å². The molecule has 0 spiro atoms. The Morgan fingerprint density at radius 2 is 1.84 bits per heavy atom. The van der Waals surface area contributed by atoms with Crippen molar-refractivity contribution in [3.63, 3.8) is 0 Å². The van der Waals surface area contributed by atoms with Gasteiger partial charge in [-0.25, -0.2) is 9.97 Å². The summed E-state index contributed by atoms with van der Waals surface area (Å²) >= 11 is 0. The van der Waals surface area contributed by atoms with Crippen LogP contribution in [0.2, 0.25) is 0 Å². The molecule has 2 aromatic rings. The SMILES string of the molecule is CC(C)NC(=O)c1cnc(Nc2ccccc2)cn1. The maximum atomic E-state index is 11.7. The molecule has 1 aromatic heterocycles. The first kappa shape index (κ1) is 13.0. The second-order valence-corrected chi connectivity index (χ2v) is 4.41. The molecule has 0 atom stereocenters. The molecule has 1 amide bonds. The lowest BCUT2D eigenvalue weighted by Gasteiger charge is -2.08. The third-order valence-corrected chi connectivity index (χ3v) is 2.35. The zero-order valence-electron chi connectivity index (χ0n) is 10.9. The van der Waals surface area contributed by atoms with Crippen molar-refractivity contribution < 1.29 is 4.79 Å². The second-order valence-electron chi connectivity index (χ2n) is 4.41. The first-order valence-corrected chi connectivity index (χ1v) is 6.10. The molecule has 2 N–H and O–H groups in total. The summed E-state index contributed by atoms with van der Waals surface area (Å²) in [5.41, 5.74) is 1.24. The third-order valence-electron chi connectivity index (χ3n) is 2.35. The first-order chi connectivity index (χ1) is 9.15. The Morgan fingerprint density at radius 1 is 1.11 bits per heavy atom. The molecule has 0 saturated heterocycles. The van der Waals surface area contributed by atoms with Crippen LogP contribution in [0.1, 0.15) is 24.3 Å². The molecule has 0 aliphatic carbocycles. The van der Waals surface area contributed by atoms with Crippen LogP contribution in [0.3, 0.4) is 0 Å². The summed E-state index contributed by atoms with van der Waals surface area (Å²) in [6.07, 6.45) is 3.01. The Morgan fingerprint density at radius 3 is 2.42 bits per heavy atom. The van der Waals surface area contributed by atoms with E-state index in [0.29, 0.717) is 11.5 Å². The average Bonchev–Trinajstić information content (AvgIpc) is 2.40. The van der Waals surface area contributed by atoms with Crippen LogP contribution in [-0.4, -0.2) is 21.9 Å². The summed E-state index contributed by atoms with van der Waals surface area (Å²) in [7, 11) is 0. The summed E-state index contributed by atoms with van der Waals surface area (Å²) in [6.45, 7) is 3.80. The van der Waals surface area contributed by atoms with Crippen molar-refractivity contribution in [1.29, 1.82) is 0 Å². The second kappa shape index (κ2) is 5.95. The fraction of sp³-hybridized carbons (Fsp3) is 0.214. The van der Waals surface area contributed by atoms with Gasteiger partial charge in [0.15, 0.2) is 0 Å². The Hall–Kier alpha value is -2.43. The number of rotatable bonds is 4. The predicted octanol–water partition coefficient (Wildman–Crippen LogP) is 2.36. The van der Waals surface area contributed by atoms with Crippen molar-refractivity contribution in [3.05, 3.63) is 48.4 Å². The number of hydrogen-bond acceptors (Lipinski definition) is 4. The van der Waals surface area contributed by atoms with Gasteiger partial charge in [0, 0.05) is 11.7 Å². The van der Waals surface area contributed by atoms with E-state index in [4.69, 9.17) is 0 Å². The summed E-state index contributed by atoms with van der Waals surface area (Å²) in [5, 5.41) is 5.87. The standard InChI is InChI=1S/C14H16N4O/c1-10(2)17-14(19)12-8-16-13(9-15-12)18-11-6-4-3-5-7-11/h3-10H,1-2H3,(H,16,18)(H,17,19). The molecule has 0 unspecified atom stereocenters. The van der Waals surface area contributed by atoms with Gasteiger partial charge in [0.2, 0.25) is 0 Å². The molecular formula is C14H16N4O. The molecule has 0 aliphatic heterocycles. The number of hydrogen-bond donors (Lipinski definition) is 2. The molecule has 0 saturated carbocycles. The van der Waals surface area contributed by atoms with Gasteiger partial charge in [-0.15, -0.1) is 0 Å². The van der Waals surface area contributed by atoms with E-state index in [2.05, 4.69) is 20.6 Å². The van der Waals surface area contributed by atoms with Crippen LogP contribution in [0, 0.1) is 0 Å². The van der Waals surface area contributed by atoms with Gasteiger partial charge in [-0.3, -0.25) is 4.79 Å². The van der Waals surface area contributed by atoms with Crippen LogP contribution in [0.25, 0.3) is 0 Å². The Bertz CT molecular complexity index is 537. The van der Waals surface area contributed by atoms with Gasteiger partial charge in [0.05, 0.1) is 12.4 Å². The van der Waals surface area contributed by atoms with E-state index < -0.39 is 0 Å². The van der Waals surface area contributed by atoms with Gasteiger partial charge in [-0.2, -0.15) is 0 Å². The van der Waals surface area contributed by atoms with Gasteiger partial charge >= 0.3 is 0 Å². The van der Waals surface area contributed by atoms with Gasteiger partial charge in [-0.05, 0) is 26.0 Å². The third kappa shape index (κ3) is 3.77. The fourth-order valence-electron chi connectivity index (χ4n) is 1.52. The van der Waals surface area contributed by atoms with Crippen LogP contribution in [0.5, 0.6) is 0 Å². The summed E-state index contributed by atoms with van der Waals surface area (Å²) in [6, 6.07) is 9.75. The molecule has 2 rings (SSSR count). The van der Waals surface area contributed by atoms with Gasteiger partial charge in [0.1, 0.15) is 11.5 Å². The summed E-state index contributed by atoms with van der Waals surface area (Å²) < 4.78 is 0. The number of amides is 1. The number of nitrogens with one attached hydrogen (secondary N) is 2. The van der Waals surface area contributed by atoms with E-state index in [0.717, 1.165) is 5.69 Å². The van der Waals surface area contributed by atoms with E-state index >= 15 is 0 Å². The molecule has 1 aromatic carbocycles. The molecule has 0 aliphatic rings. The Labute approximate surface area is 112 Å². The molecule has 0 fully saturated rings. The van der Waals surface area contributed by atoms with Gasteiger partial charge in [0.25, 0.3) is 5.91 Å². The number of nitrogens with zero attached hydrogens (tertiary/aromatic N) is 2. The highest BCUT2D eigenvalue weighted by atomic mass is 16.1. The minimum Gasteiger partial charge on any atom is -0.348 e. The minimum atomic E-state index is -0.214. The topological polar surface area (TPSA) is 66.9 Å². The monoisotopic (exact) mass is 256 g/mol. The lowest BCUT2D eigenvalue weighted by atomic mass is 10.3. The van der Waals surface area contributed by atoms with E-state index in [9.17, 15) is 4.79 Å². The molecule has 19 heavy (non-hydrogen) atoms. The van der Waals surface area contributed by atoms with E-state index in [1.165, 1.54) is 6.20 Å². The van der Waals surface area contributed by atoms with Crippen molar-refractivity contribution in [2.75, 3.05) is 5.32 Å². The minimum absolute atomic E-state index is 0.0800. The van der Waals surface area contributed by atoms with E-state index in [1.807, 2.05) is 44.2 Å². The normalized spacial score (nSPS) is 10.3. The predicted molar refractivity (Wildman–Crippen MR) is 74.4 cm³/mol. The Kier molecular flexibility index (Phi) is 4.07. The molecule has 5 heteroatoms. The highest BCUT2D eigenvalue weighted by Crippen LogP contribution is 2.12. The average molecular weight is 256 g/mol. The van der Waals surface area contributed by atoms with Crippen molar-refractivity contribution in [3.8, 4) is 0 Å². The molecular weight excluding hydrogens is 240 g/mol. The number of aromatic nitrogens is 2. The lowest BCUT2D eigenvalue weighted by Crippen LogP contribution is -2.30. The number of benzene rings is 1. The van der Waals surface area contributed by atoms with Gasteiger partial charge < -0.3 is 10.6 Å². The maximum Gasteiger partial charge on any atom is 0.271 e. The highest BCUT2D eigenvalue weighted by Gasteiger charge is 2.08. The van der Waals surface area contributed by atoms with Crippen LogP contribution in [0.15, 0.2) is 42.7 Å². The highest BCUT2D eigenvalue weighted by molar-refractivity contribution is 5.92. The van der Waals surface area contributed by atoms with Crippen LogP contribution in [-0.2, 0) is 0 Å². The van der Waals surface area contributed by atoms with Crippen molar-refractivity contribution >= 4 is 17.4 Å². The zero-order valence-corrected chi connectivity index (χ0v) is 10.9. The van der Waals surface area contributed by atoms with Crippen molar-refractivity contribution in [1.82, 2.24) is 15.3 Å². The zero-order chi connectivity index (χ0) is 13.7. The fourth-order valence-corrected chi connectivity index (χ4v) is 1.52.